The Morgan fingerprint density at radius 3 is 2.67 bits per heavy atom. The van der Waals surface area contributed by atoms with Crippen LogP contribution in [0, 0.1) is 6.92 Å². The van der Waals surface area contributed by atoms with Gasteiger partial charge in [0.2, 0.25) is 0 Å². The Bertz CT molecular complexity index is 1030. The van der Waals surface area contributed by atoms with Gasteiger partial charge in [-0.2, -0.15) is 5.10 Å². The molecule has 3 aromatic rings. The molecule has 27 heavy (non-hydrogen) atoms. The first-order valence-electron chi connectivity index (χ1n) is 8.69. The number of hydrogen-bond donors (Lipinski definition) is 1. The third-order valence-corrected chi connectivity index (χ3v) is 4.85. The zero-order chi connectivity index (χ0) is 19.1. The van der Waals surface area contributed by atoms with Crippen LogP contribution in [-0.4, -0.2) is 38.2 Å². The van der Waals surface area contributed by atoms with Gasteiger partial charge in [0, 0.05) is 36.8 Å². The number of benzene rings is 1. The summed E-state index contributed by atoms with van der Waals surface area (Å²) in [7, 11) is 1.73. The molecule has 1 aliphatic heterocycles. The van der Waals surface area contributed by atoms with Gasteiger partial charge < -0.3 is 14.4 Å². The van der Waals surface area contributed by atoms with Crippen molar-refractivity contribution in [2.24, 2.45) is 7.05 Å². The second-order valence-electron chi connectivity index (χ2n) is 6.65. The highest BCUT2D eigenvalue weighted by Gasteiger charge is 2.31. The minimum atomic E-state index is -1.08. The van der Waals surface area contributed by atoms with Gasteiger partial charge in [0.25, 0.3) is 5.91 Å². The zero-order valence-corrected chi connectivity index (χ0v) is 15.1. The van der Waals surface area contributed by atoms with E-state index < -0.39 is 5.97 Å². The molecule has 0 spiro atoms. The smallest absolute Gasteiger partial charge is 0.356 e. The van der Waals surface area contributed by atoms with Gasteiger partial charge in [0.15, 0.2) is 5.69 Å². The number of carbonyl (C=O) groups excluding carboxylic acids is 1. The van der Waals surface area contributed by atoms with E-state index in [2.05, 4.69) is 5.10 Å². The molecule has 1 aliphatic rings. The van der Waals surface area contributed by atoms with Gasteiger partial charge in [-0.1, -0.05) is 30.3 Å². The molecule has 1 amide bonds. The Hall–Kier alpha value is -3.35. The number of aromatic carboxylic acids is 1. The molecular weight excluding hydrogens is 346 g/mol. The van der Waals surface area contributed by atoms with Gasteiger partial charge in [-0.25, -0.2) is 4.79 Å². The summed E-state index contributed by atoms with van der Waals surface area (Å²) in [6, 6.07) is 11.2. The lowest BCUT2D eigenvalue weighted by Gasteiger charge is -2.27. The average Bonchev–Trinajstić information content (AvgIpc) is 3.22. The number of fused-ring (bicyclic) bond motifs is 1. The van der Waals surface area contributed by atoms with Crippen LogP contribution in [0.3, 0.4) is 0 Å². The van der Waals surface area contributed by atoms with E-state index in [1.807, 2.05) is 30.3 Å². The summed E-state index contributed by atoms with van der Waals surface area (Å²) in [5.74, 6) is -0.0575. The zero-order valence-electron chi connectivity index (χ0n) is 15.1. The van der Waals surface area contributed by atoms with Crippen molar-refractivity contribution in [1.82, 2.24) is 14.7 Å². The van der Waals surface area contributed by atoms with Gasteiger partial charge in [-0.05, 0) is 13.0 Å². The Kier molecular flexibility index (Phi) is 4.07. The number of carbonyl (C=O) groups is 2. The normalized spacial score (nSPS) is 13.5. The monoisotopic (exact) mass is 365 g/mol. The fraction of sp³-hybridized carbons (Fsp3) is 0.250. The van der Waals surface area contributed by atoms with E-state index in [0.29, 0.717) is 35.6 Å². The van der Waals surface area contributed by atoms with Crippen LogP contribution in [0.4, 0.5) is 0 Å². The number of rotatable bonds is 3. The van der Waals surface area contributed by atoms with Crippen LogP contribution in [-0.2, 0) is 20.0 Å². The van der Waals surface area contributed by atoms with Crippen LogP contribution >= 0.6 is 0 Å². The lowest BCUT2D eigenvalue weighted by molar-refractivity contribution is 0.0674. The van der Waals surface area contributed by atoms with E-state index in [1.165, 1.54) is 0 Å². The molecule has 0 atom stereocenters. The van der Waals surface area contributed by atoms with E-state index in [4.69, 9.17) is 4.42 Å². The molecule has 2 aromatic heterocycles. The van der Waals surface area contributed by atoms with Crippen molar-refractivity contribution in [3.8, 4) is 11.3 Å². The van der Waals surface area contributed by atoms with Crippen LogP contribution < -0.4 is 0 Å². The Labute approximate surface area is 155 Å². The molecule has 3 heterocycles. The average molecular weight is 365 g/mol. The fourth-order valence-corrected chi connectivity index (χ4v) is 3.58. The van der Waals surface area contributed by atoms with Crippen molar-refractivity contribution >= 4 is 11.9 Å². The van der Waals surface area contributed by atoms with Crippen LogP contribution in [0.5, 0.6) is 0 Å². The van der Waals surface area contributed by atoms with Crippen LogP contribution in [0.15, 0.2) is 40.8 Å². The summed E-state index contributed by atoms with van der Waals surface area (Å²) < 4.78 is 7.39. The van der Waals surface area contributed by atoms with E-state index in [-0.39, 0.29) is 18.1 Å². The highest BCUT2D eigenvalue weighted by Crippen LogP contribution is 2.30. The molecule has 0 unspecified atom stereocenters. The van der Waals surface area contributed by atoms with Crippen LogP contribution in [0.2, 0.25) is 0 Å². The van der Waals surface area contributed by atoms with Crippen LogP contribution in [0.1, 0.15) is 37.9 Å². The Balaban J connectivity index is 1.69. The van der Waals surface area contributed by atoms with Gasteiger partial charge in [0.1, 0.15) is 11.5 Å². The first-order valence-corrected chi connectivity index (χ1v) is 8.69. The van der Waals surface area contributed by atoms with Crippen molar-refractivity contribution in [2.45, 2.75) is 19.9 Å². The molecule has 0 bridgehead atoms. The van der Waals surface area contributed by atoms with Gasteiger partial charge in [-0.15, -0.1) is 0 Å². The standard InChI is InChI=1S/C20H19N3O4/c1-12-10-14(18(27-12)13-6-4-3-5-7-13)19(24)23-9-8-16-15(11-23)17(20(25)26)21-22(16)2/h3-7,10H,8-9,11H2,1-2H3,(H,25,26). The van der Waals surface area contributed by atoms with Crippen molar-refractivity contribution in [3.63, 3.8) is 0 Å². The molecule has 0 radical (unpaired) electrons. The van der Waals surface area contributed by atoms with E-state index in [1.54, 1.807) is 29.6 Å². The van der Waals surface area contributed by atoms with Crippen molar-refractivity contribution in [2.75, 3.05) is 6.54 Å². The van der Waals surface area contributed by atoms with E-state index in [9.17, 15) is 14.7 Å². The predicted molar refractivity (Wildman–Crippen MR) is 97.5 cm³/mol. The SMILES string of the molecule is Cc1cc(C(=O)N2CCc3c(c(C(=O)O)nn3C)C2)c(-c2ccccc2)o1. The number of nitrogens with zero attached hydrogens (tertiary/aromatic N) is 3. The fourth-order valence-electron chi connectivity index (χ4n) is 3.58. The summed E-state index contributed by atoms with van der Waals surface area (Å²) in [6.07, 6.45) is 0.565. The summed E-state index contributed by atoms with van der Waals surface area (Å²) in [4.78, 5) is 26.3. The molecule has 4 rings (SSSR count). The molecule has 0 saturated carbocycles. The molecule has 0 saturated heterocycles. The minimum Gasteiger partial charge on any atom is -0.476 e. The first kappa shape index (κ1) is 17.1. The second kappa shape index (κ2) is 6.42. The quantitative estimate of drug-likeness (QED) is 0.771. The number of aryl methyl sites for hydroxylation is 2. The third-order valence-electron chi connectivity index (χ3n) is 4.85. The molecule has 1 aromatic carbocycles. The third kappa shape index (κ3) is 2.91. The lowest BCUT2D eigenvalue weighted by Crippen LogP contribution is -2.36. The highest BCUT2D eigenvalue weighted by atomic mass is 16.4. The second-order valence-corrected chi connectivity index (χ2v) is 6.65. The summed E-state index contributed by atoms with van der Waals surface area (Å²) in [5.41, 5.74) is 2.80. The van der Waals surface area contributed by atoms with E-state index >= 15 is 0 Å². The number of aromatic nitrogens is 2. The minimum absolute atomic E-state index is 0.0108. The molecule has 0 aliphatic carbocycles. The lowest BCUT2D eigenvalue weighted by atomic mass is 10.0. The van der Waals surface area contributed by atoms with Crippen LogP contribution in [0.25, 0.3) is 11.3 Å². The number of carboxylic acids is 1. The molecule has 7 nitrogen and oxygen atoms in total. The summed E-state index contributed by atoms with van der Waals surface area (Å²) in [6.45, 7) is 2.53. The van der Waals surface area contributed by atoms with Crippen molar-refractivity contribution in [1.29, 1.82) is 0 Å². The van der Waals surface area contributed by atoms with Gasteiger partial charge in [0.05, 0.1) is 12.1 Å². The maximum Gasteiger partial charge on any atom is 0.356 e. The van der Waals surface area contributed by atoms with Crippen molar-refractivity contribution in [3.05, 3.63) is 64.7 Å². The number of amides is 1. The number of hydrogen-bond acceptors (Lipinski definition) is 4. The number of furan rings is 1. The largest absolute Gasteiger partial charge is 0.476 e. The van der Waals surface area contributed by atoms with Crippen molar-refractivity contribution < 1.29 is 19.1 Å². The Morgan fingerprint density at radius 2 is 1.96 bits per heavy atom. The number of carboxylic acid groups (broad SMARTS) is 1. The van der Waals surface area contributed by atoms with E-state index in [0.717, 1.165) is 11.3 Å². The summed E-state index contributed by atoms with van der Waals surface area (Å²) in [5, 5.41) is 13.5. The summed E-state index contributed by atoms with van der Waals surface area (Å²) >= 11 is 0. The molecule has 7 heteroatoms. The maximum atomic E-state index is 13.2. The molecule has 138 valence electrons. The maximum absolute atomic E-state index is 13.2. The van der Waals surface area contributed by atoms with Gasteiger partial charge in [-0.3, -0.25) is 9.48 Å². The molecule has 0 fully saturated rings. The molecule has 1 N–H and O–H groups in total. The topological polar surface area (TPSA) is 88.6 Å². The Morgan fingerprint density at radius 1 is 1.22 bits per heavy atom. The predicted octanol–water partition coefficient (Wildman–Crippen LogP) is 2.89. The van der Waals surface area contributed by atoms with Gasteiger partial charge >= 0.3 is 5.97 Å². The molecular formula is C20H19N3O4. The first-order chi connectivity index (χ1) is 13.0. The highest BCUT2D eigenvalue weighted by molar-refractivity contribution is 6.00.